The van der Waals surface area contributed by atoms with Crippen LogP contribution in [0.1, 0.15) is 16.7 Å². The molecule has 30 heavy (non-hydrogen) atoms. The van der Waals surface area contributed by atoms with Gasteiger partial charge in [-0.1, -0.05) is 54.6 Å². The highest BCUT2D eigenvalue weighted by Crippen LogP contribution is 2.33. The molecule has 0 aromatic heterocycles. The molecule has 0 spiro atoms. The van der Waals surface area contributed by atoms with E-state index in [1.807, 2.05) is 93.0 Å². The summed E-state index contributed by atoms with van der Waals surface area (Å²) in [6.45, 7) is 1.44. The number of rotatable bonds is 9. The first-order valence-electron chi connectivity index (χ1n) is 10.0. The number of nitrogens with zero attached hydrogens (tertiary/aromatic N) is 1. The second-order valence-corrected chi connectivity index (χ2v) is 7.28. The fraction of sp³-hybridized carbons (Fsp3) is 0.231. The summed E-state index contributed by atoms with van der Waals surface area (Å²) in [5, 5.41) is 10.3. The third kappa shape index (κ3) is 5.50. The van der Waals surface area contributed by atoms with Crippen molar-refractivity contribution in [1.82, 2.24) is 4.90 Å². The van der Waals surface area contributed by atoms with Gasteiger partial charge in [0.05, 0.1) is 13.7 Å². The van der Waals surface area contributed by atoms with Crippen molar-refractivity contribution in [3.63, 3.8) is 0 Å². The Morgan fingerprint density at radius 1 is 0.767 bits per heavy atom. The van der Waals surface area contributed by atoms with E-state index in [1.165, 1.54) is 0 Å². The van der Waals surface area contributed by atoms with Crippen molar-refractivity contribution in [2.24, 2.45) is 0 Å². The number of hydrogen-bond acceptors (Lipinski definition) is 4. The molecule has 0 aliphatic rings. The van der Waals surface area contributed by atoms with Gasteiger partial charge in [-0.15, -0.1) is 0 Å². The van der Waals surface area contributed by atoms with Crippen LogP contribution in [0.25, 0.3) is 11.1 Å². The summed E-state index contributed by atoms with van der Waals surface area (Å²) in [5.41, 5.74) is 4.91. The molecular formula is C26H29NO3. The minimum absolute atomic E-state index is 0.0630. The lowest BCUT2D eigenvalue weighted by molar-refractivity contribution is 0.261. The van der Waals surface area contributed by atoms with Gasteiger partial charge < -0.3 is 19.5 Å². The van der Waals surface area contributed by atoms with E-state index in [1.54, 1.807) is 7.11 Å². The van der Waals surface area contributed by atoms with E-state index < -0.39 is 0 Å². The average molecular weight is 404 g/mol. The molecule has 0 saturated carbocycles. The van der Waals surface area contributed by atoms with Crippen LogP contribution in [-0.4, -0.2) is 51.0 Å². The van der Waals surface area contributed by atoms with Crippen molar-refractivity contribution in [3.05, 3.63) is 95.6 Å². The van der Waals surface area contributed by atoms with Crippen LogP contribution in [0, 0.1) is 0 Å². The maximum atomic E-state index is 10.3. The third-order valence-electron chi connectivity index (χ3n) is 4.91. The van der Waals surface area contributed by atoms with Crippen LogP contribution >= 0.6 is 0 Å². The molecule has 0 fully saturated rings. The van der Waals surface area contributed by atoms with E-state index in [0.717, 1.165) is 45.9 Å². The molecule has 0 radical (unpaired) electrons. The van der Waals surface area contributed by atoms with Gasteiger partial charge in [0, 0.05) is 6.54 Å². The van der Waals surface area contributed by atoms with Gasteiger partial charge in [0.25, 0.3) is 0 Å². The van der Waals surface area contributed by atoms with Crippen LogP contribution in [0.5, 0.6) is 11.5 Å². The monoisotopic (exact) mass is 403 g/mol. The number of likely N-dealkylation sites (N-methyl/N-ethyl adjacent to an activating group) is 1. The van der Waals surface area contributed by atoms with Crippen LogP contribution in [0.4, 0.5) is 0 Å². The van der Waals surface area contributed by atoms with E-state index in [9.17, 15) is 5.11 Å². The second kappa shape index (κ2) is 10.6. The Morgan fingerprint density at radius 3 is 1.83 bits per heavy atom. The van der Waals surface area contributed by atoms with E-state index >= 15 is 0 Å². The summed E-state index contributed by atoms with van der Waals surface area (Å²) >= 11 is 0. The SMILES string of the molecule is COc1ccc(/C(=C(/CO)c2ccccc2)c2ccc(OCCN(C)C)cc2)cc1. The highest BCUT2D eigenvalue weighted by molar-refractivity contribution is 5.99. The fourth-order valence-electron chi connectivity index (χ4n) is 3.29. The van der Waals surface area contributed by atoms with E-state index in [4.69, 9.17) is 9.47 Å². The molecule has 3 aromatic carbocycles. The van der Waals surface area contributed by atoms with Crippen LogP contribution in [0.3, 0.4) is 0 Å². The summed E-state index contributed by atoms with van der Waals surface area (Å²) in [6.07, 6.45) is 0. The summed E-state index contributed by atoms with van der Waals surface area (Å²) in [7, 11) is 5.71. The maximum absolute atomic E-state index is 10.3. The molecular weight excluding hydrogens is 374 g/mol. The van der Waals surface area contributed by atoms with Gasteiger partial charge in [0.15, 0.2) is 0 Å². The number of methoxy groups -OCH3 is 1. The molecule has 0 amide bonds. The van der Waals surface area contributed by atoms with Crippen LogP contribution in [0.15, 0.2) is 78.9 Å². The average Bonchev–Trinajstić information content (AvgIpc) is 2.78. The fourth-order valence-corrected chi connectivity index (χ4v) is 3.29. The zero-order valence-electron chi connectivity index (χ0n) is 17.8. The Hall–Kier alpha value is -3.08. The van der Waals surface area contributed by atoms with Crippen LogP contribution < -0.4 is 9.47 Å². The Labute approximate surface area is 179 Å². The molecule has 0 saturated heterocycles. The molecule has 156 valence electrons. The van der Waals surface area contributed by atoms with Crippen molar-refractivity contribution in [2.45, 2.75) is 0 Å². The lowest BCUT2D eigenvalue weighted by Gasteiger charge is -2.17. The maximum Gasteiger partial charge on any atom is 0.119 e. The molecule has 1 N–H and O–H groups in total. The molecule has 0 aliphatic carbocycles. The third-order valence-corrected chi connectivity index (χ3v) is 4.91. The van der Waals surface area contributed by atoms with Crippen LogP contribution in [0.2, 0.25) is 0 Å². The molecule has 3 rings (SSSR count). The molecule has 0 aliphatic heterocycles. The molecule has 0 bridgehead atoms. The predicted molar refractivity (Wildman–Crippen MR) is 123 cm³/mol. The molecule has 4 nitrogen and oxygen atoms in total. The van der Waals surface area contributed by atoms with Crippen molar-refractivity contribution in [1.29, 1.82) is 0 Å². The van der Waals surface area contributed by atoms with Gasteiger partial charge in [-0.05, 0) is 66.2 Å². The predicted octanol–water partition coefficient (Wildman–Crippen LogP) is 4.59. The number of ether oxygens (including phenoxy) is 2. The van der Waals surface area contributed by atoms with Crippen molar-refractivity contribution >= 4 is 11.1 Å². The zero-order chi connectivity index (χ0) is 21.3. The summed E-state index contributed by atoms with van der Waals surface area (Å²) < 4.78 is 11.1. The Bertz CT molecular complexity index is 946. The normalized spacial score (nSPS) is 11.9. The lowest BCUT2D eigenvalue weighted by atomic mass is 9.90. The minimum atomic E-state index is -0.0630. The second-order valence-electron chi connectivity index (χ2n) is 7.28. The van der Waals surface area contributed by atoms with Gasteiger partial charge in [-0.2, -0.15) is 0 Å². The number of benzene rings is 3. The van der Waals surface area contributed by atoms with Crippen LogP contribution in [-0.2, 0) is 0 Å². The quantitative estimate of drug-likeness (QED) is 0.531. The van der Waals surface area contributed by atoms with Crippen molar-refractivity contribution in [3.8, 4) is 11.5 Å². The summed E-state index contributed by atoms with van der Waals surface area (Å²) in [4.78, 5) is 2.09. The van der Waals surface area contributed by atoms with Gasteiger partial charge in [-0.25, -0.2) is 0 Å². The Kier molecular flexibility index (Phi) is 7.66. The number of aliphatic hydroxyl groups excluding tert-OH is 1. The molecule has 0 heterocycles. The van der Waals surface area contributed by atoms with Gasteiger partial charge in [0.2, 0.25) is 0 Å². The lowest BCUT2D eigenvalue weighted by Crippen LogP contribution is -2.19. The highest BCUT2D eigenvalue weighted by atomic mass is 16.5. The first-order valence-corrected chi connectivity index (χ1v) is 10.0. The number of aliphatic hydroxyl groups is 1. The van der Waals surface area contributed by atoms with Crippen molar-refractivity contribution in [2.75, 3.05) is 41.0 Å². The first-order chi connectivity index (χ1) is 14.6. The molecule has 3 aromatic rings. The largest absolute Gasteiger partial charge is 0.497 e. The first kappa shape index (κ1) is 21.6. The van der Waals surface area contributed by atoms with E-state index in [0.29, 0.717) is 6.61 Å². The molecule has 0 unspecified atom stereocenters. The number of hydrogen-bond donors (Lipinski definition) is 1. The molecule has 4 heteroatoms. The topological polar surface area (TPSA) is 41.9 Å². The Morgan fingerprint density at radius 2 is 1.33 bits per heavy atom. The van der Waals surface area contributed by atoms with Gasteiger partial charge >= 0.3 is 0 Å². The smallest absolute Gasteiger partial charge is 0.119 e. The molecule has 0 atom stereocenters. The Balaban J connectivity index is 2.02. The van der Waals surface area contributed by atoms with Gasteiger partial charge in [0.1, 0.15) is 18.1 Å². The van der Waals surface area contributed by atoms with E-state index in [2.05, 4.69) is 4.90 Å². The standard InChI is InChI=1S/C26H29NO3/c1-27(2)17-18-30-24-15-11-22(12-16-24)26(21-9-13-23(29-3)14-10-21)25(19-28)20-7-5-4-6-8-20/h4-16,28H,17-19H2,1-3H3/b26-25+. The minimum Gasteiger partial charge on any atom is -0.497 e. The summed E-state index contributed by atoms with van der Waals surface area (Å²) in [5.74, 6) is 1.63. The summed E-state index contributed by atoms with van der Waals surface area (Å²) in [6, 6.07) is 26.0. The highest BCUT2D eigenvalue weighted by Gasteiger charge is 2.14. The van der Waals surface area contributed by atoms with E-state index in [-0.39, 0.29) is 6.61 Å². The van der Waals surface area contributed by atoms with Crippen molar-refractivity contribution < 1.29 is 14.6 Å². The van der Waals surface area contributed by atoms with Gasteiger partial charge in [-0.3, -0.25) is 0 Å². The zero-order valence-corrected chi connectivity index (χ0v) is 17.8.